The molecule has 0 aromatic heterocycles. The first-order chi connectivity index (χ1) is 13.7. The highest BCUT2D eigenvalue weighted by atomic mass is 32.2. The fourth-order valence-corrected chi connectivity index (χ4v) is 3.95. The molecule has 1 atom stereocenters. The SMILES string of the molecule is CSc1cccc(NC(=O)[C@@H]2Cc3ccccc3N2C(=O)c2ccccc2)c1. The minimum atomic E-state index is -0.581. The van der Waals surface area contributed by atoms with Crippen molar-refractivity contribution in [2.75, 3.05) is 16.5 Å². The second-order valence-electron chi connectivity index (χ2n) is 6.61. The van der Waals surface area contributed by atoms with Crippen LogP contribution in [0.3, 0.4) is 0 Å². The minimum Gasteiger partial charge on any atom is -0.324 e. The summed E-state index contributed by atoms with van der Waals surface area (Å²) in [6, 6.07) is 23.9. The van der Waals surface area contributed by atoms with E-state index < -0.39 is 6.04 Å². The van der Waals surface area contributed by atoms with Crippen molar-refractivity contribution in [3.8, 4) is 0 Å². The molecular weight excluding hydrogens is 368 g/mol. The Morgan fingerprint density at radius 1 is 0.964 bits per heavy atom. The summed E-state index contributed by atoms with van der Waals surface area (Å²) in [5.74, 6) is -0.345. The summed E-state index contributed by atoms with van der Waals surface area (Å²) in [6.07, 6.45) is 2.50. The van der Waals surface area contributed by atoms with Gasteiger partial charge in [0.25, 0.3) is 5.91 Å². The number of rotatable bonds is 4. The first kappa shape index (κ1) is 18.3. The van der Waals surface area contributed by atoms with Crippen LogP contribution in [0.5, 0.6) is 0 Å². The number of para-hydroxylation sites is 1. The zero-order valence-electron chi connectivity index (χ0n) is 15.5. The molecule has 1 aliphatic rings. The average Bonchev–Trinajstić information content (AvgIpc) is 3.14. The molecule has 0 saturated carbocycles. The molecule has 0 unspecified atom stereocenters. The van der Waals surface area contributed by atoms with Gasteiger partial charge in [-0.15, -0.1) is 11.8 Å². The molecule has 5 heteroatoms. The Morgan fingerprint density at radius 3 is 2.50 bits per heavy atom. The Labute approximate surface area is 168 Å². The van der Waals surface area contributed by atoms with E-state index in [2.05, 4.69) is 5.32 Å². The molecule has 0 saturated heterocycles. The predicted octanol–water partition coefficient (Wildman–Crippen LogP) is 4.62. The minimum absolute atomic E-state index is 0.163. The van der Waals surface area contributed by atoms with E-state index in [0.29, 0.717) is 12.0 Å². The fraction of sp³-hybridized carbons (Fsp3) is 0.130. The summed E-state index contributed by atoms with van der Waals surface area (Å²) in [7, 11) is 0. The van der Waals surface area contributed by atoms with Crippen LogP contribution in [-0.4, -0.2) is 24.1 Å². The topological polar surface area (TPSA) is 49.4 Å². The number of benzene rings is 3. The van der Waals surface area contributed by atoms with E-state index in [4.69, 9.17) is 0 Å². The second kappa shape index (κ2) is 7.90. The van der Waals surface area contributed by atoms with E-state index in [1.165, 1.54) is 0 Å². The third-order valence-corrected chi connectivity index (χ3v) is 5.58. The van der Waals surface area contributed by atoms with Crippen molar-refractivity contribution in [2.45, 2.75) is 17.4 Å². The number of hydrogen-bond acceptors (Lipinski definition) is 3. The van der Waals surface area contributed by atoms with Gasteiger partial charge < -0.3 is 5.32 Å². The number of anilines is 2. The van der Waals surface area contributed by atoms with Gasteiger partial charge in [0.05, 0.1) is 0 Å². The molecule has 2 amide bonds. The zero-order valence-corrected chi connectivity index (χ0v) is 16.3. The first-order valence-electron chi connectivity index (χ1n) is 9.09. The lowest BCUT2D eigenvalue weighted by atomic mass is 10.1. The van der Waals surface area contributed by atoms with Crippen molar-refractivity contribution in [1.82, 2.24) is 0 Å². The summed E-state index contributed by atoms with van der Waals surface area (Å²) in [4.78, 5) is 29.0. The molecule has 0 bridgehead atoms. The number of amides is 2. The Kier molecular flexibility index (Phi) is 5.17. The van der Waals surface area contributed by atoms with Crippen molar-refractivity contribution in [3.05, 3.63) is 90.0 Å². The van der Waals surface area contributed by atoms with Gasteiger partial charge in [0.1, 0.15) is 6.04 Å². The van der Waals surface area contributed by atoms with Crippen LogP contribution in [0.2, 0.25) is 0 Å². The maximum Gasteiger partial charge on any atom is 0.259 e. The van der Waals surface area contributed by atoms with Gasteiger partial charge >= 0.3 is 0 Å². The molecule has 3 aromatic rings. The lowest BCUT2D eigenvalue weighted by Crippen LogP contribution is -2.45. The Morgan fingerprint density at radius 2 is 1.71 bits per heavy atom. The lowest BCUT2D eigenvalue weighted by Gasteiger charge is -2.25. The number of fused-ring (bicyclic) bond motifs is 1. The summed E-state index contributed by atoms with van der Waals surface area (Å²) in [6.45, 7) is 0. The molecule has 4 rings (SSSR count). The molecule has 0 aliphatic carbocycles. The summed E-state index contributed by atoms with van der Waals surface area (Å²) in [5, 5.41) is 2.98. The van der Waals surface area contributed by atoms with Crippen LogP contribution in [0.1, 0.15) is 15.9 Å². The molecule has 0 spiro atoms. The first-order valence-corrected chi connectivity index (χ1v) is 10.3. The van der Waals surface area contributed by atoms with Crippen LogP contribution in [0.25, 0.3) is 0 Å². The van der Waals surface area contributed by atoms with Gasteiger partial charge in [-0.05, 0) is 48.2 Å². The van der Waals surface area contributed by atoms with E-state index in [1.807, 2.05) is 73.0 Å². The maximum atomic E-state index is 13.2. The third-order valence-electron chi connectivity index (χ3n) is 4.86. The molecule has 1 heterocycles. The van der Waals surface area contributed by atoms with Gasteiger partial charge in [0, 0.05) is 28.3 Å². The van der Waals surface area contributed by atoms with Crippen molar-refractivity contribution in [1.29, 1.82) is 0 Å². The van der Waals surface area contributed by atoms with Gasteiger partial charge in [-0.2, -0.15) is 0 Å². The smallest absolute Gasteiger partial charge is 0.259 e. The number of carbonyl (C=O) groups excluding carboxylic acids is 2. The lowest BCUT2D eigenvalue weighted by molar-refractivity contribution is -0.117. The number of nitrogens with one attached hydrogen (secondary N) is 1. The summed E-state index contributed by atoms with van der Waals surface area (Å²) < 4.78 is 0. The monoisotopic (exact) mass is 388 g/mol. The number of hydrogen-bond donors (Lipinski definition) is 1. The molecule has 28 heavy (non-hydrogen) atoms. The Balaban J connectivity index is 1.65. The van der Waals surface area contributed by atoms with E-state index >= 15 is 0 Å². The quantitative estimate of drug-likeness (QED) is 0.664. The van der Waals surface area contributed by atoms with Crippen LogP contribution in [0, 0.1) is 0 Å². The maximum absolute atomic E-state index is 13.2. The van der Waals surface area contributed by atoms with Crippen molar-refractivity contribution >= 4 is 35.0 Å². The summed E-state index contributed by atoms with van der Waals surface area (Å²) in [5.41, 5.74) is 3.11. The van der Waals surface area contributed by atoms with Crippen LogP contribution < -0.4 is 10.2 Å². The van der Waals surface area contributed by atoms with Gasteiger partial charge in [0.2, 0.25) is 5.91 Å². The van der Waals surface area contributed by atoms with Crippen LogP contribution >= 0.6 is 11.8 Å². The van der Waals surface area contributed by atoms with Crippen molar-refractivity contribution in [3.63, 3.8) is 0 Å². The van der Waals surface area contributed by atoms with Gasteiger partial charge in [-0.25, -0.2) is 0 Å². The Bertz CT molecular complexity index is 1020. The van der Waals surface area contributed by atoms with Gasteiger partial charge in [-0.3, -0.25) is 14.5 Å². The molecule has 140 valence electrons. The third kappa shape index (κ3) is 3.53. The van der Waals surface area contributed by atoms with E-state index in [-0.39, 0.29) is 11.8 Å². The standard InChI is InChI=1S/C23H20N2O2S/c1-28-19-12-7-11-18(15-19)24-22(26)21-14-17-10-5-6-13-20(17)25(21)23(27)16-8-3-2-4-9-16/h2-13,15,21H,14H2,1H3,(H,24,26)/t21-/m0/s1. The molecule has 3 aromatic carbocycles. The van der Waals surface area contributed by atoms with E-state index in [9.17, 15) is 9.59 Å². The Hall–Kier alpha value is -3.05. The van der Waals surface area contributed by atoms with Crippen LogP contribution in [-0.2, 0) is 11.2 Å². The highest BCUT2D eigenvalue weighted by Gasteiger charge is 2.38. The molecular formula is C23H20N2O2S. The number of carbonyl (C=O) groups is 2. The second-order valence-corrected chi connectivity index (χ2v) is 7.49. The van der Waals surface area contributed by atoms with Crippen molar-refractivity contribution in [2.24, 2.45) is 0 Å². The normalized spacial score (nSPS) is 15.2. The van der Waals surface area contributed by atoms with Crippen molar-refractivity contribution < 1.29 is 9.59 Å². The van der Waals surface area contributed by atoms with E-state index in [1.54, 1.807) is 28.8 Å². The highest BCUT2D eigenvalue weighted by molar-refractivity contribution is 7.98. The largest absolute Gasteiger partial charge is 0.324 e. The van der Waals surface area contributed by atoms with Crippen LogP contribution in [0.15, 0.2) is 83.8 Å². The molecule has 0 radical (unpaired) electrons. The van der Waals surface area contributed by atoms with E-state index in [0.717, 1.165) is 21.8 Å². The summed E-state index contributed by atoms with van der Waals surface area (Å²) >= 11 is 1.62. The predicted molar refractivity (Wildman–Crippen MR) is 114 cm³/mol. The molecule has 0 fully saturated rings. The van der Waals surface area contributed by atoms with Crippen LogP contribution in [0.4, 0.5) is 11.4 Å². The zero-order chi connectivity index (χ0) is 19.5. The van der Waals surface area contributed by atoms with Gasteiger partial charge in [-0.1, -0.05) is 42.5 Å². The average molecular weight is 388 g/mol. The molecule has 1 N–H and O–H groups in total. The fourth-order valence-electron chi connectivity index (χ4n) is 3.49. The molecule has 4 nitrogen and oxygen atoms in total. The van der Waals surface area contributed by atoms with Gasteiger partial charge in [0.15, 0.2) is 0 Å². The number of thioether (sulfide) groups is 1. The number of nitrogens with zero attached hydrogens (tertiary/aromatic N) is 1. The molecule has 1 aliphatic heterocycles. The highest BCUT2D eigenvalue weighted by Crippen LogP contribution is 2.34.